The van der Waals surface area contributed by atoms with E-state index in [2.05, 4.69) is 12.2 Å². The first kappa shape index (κ1) is 15.3. The van der Waals surface area contributed by atoms with Crippen molar-refractivity contribution in [2.24, 2.45) is 11.8 Å². The maximum absolute atomic E-state index is 11.1. The molecule has 0 unspecified atom stereocenters. The highest BCUT2D eigenvalue weighted by atomic mass is 16.6. The van der Waals surface area contributed by atoms with Gasteiger partial charge in [0.05, 0.1) is 4.92 Å². The Balaban J connectivity index is 2.11. The van der Waals surface area contributed by atoms with E-state index in [-0.39, 0.29) is 11.3 Å². The number of para-hydroxylation sites is 1. The zero-order chi connectivity index (χ0) is 15.4. The van der Waals surface area contributed by atoms with E-state index in [1.807, 2.05) is 0 Å². The average Bonchev–Trinajstić information content (AvgIpc) is 2.46. The third-order valence-corrected chi connectivity index (χ3v) is 4.17. The maximum Gasteiger partial charge on any atom is 0.342 e. The van der Waals surface area contributed by atoms with Crippen LogP contribution in [-0.4, -0.2) is 22.5 Å². The summed E-state index contributed by atoms with van der Waals surface area (Å²) >= 11 is 0. The fourth-order valence-electron chi connectivity index (χ4n) is 2.84. The summed E-state index contributed by atoms with van der Waals surface area (Å²) in [5, 5.41) is 23.3. The van der Waals surface area contributed by atoms with Crippen molar-refractivity contribution >= 4 is 17.3 Å². The van der Waals surface area contributed by atoms with Crippen LogP contribution in [0.25, 0.3) is 0 Å². The van der Waals surface area contributed by atoms with Gasteiger partial charge in [-0.3, -0.25) is 10.1 Å². The molecule has 1 aromatic carbocycles. The number of hydrogen-bond donors (Lipinski definition) is 2. The molecular weight excluding hydrogens is 272 g/mol. The smallest absolute Gasteiger partial charge is 0.342 e. The van der Waals surface area contributed by atoms with Crippen molar-refractivity contribution in [3.05, 3.63) is 33.9 Å². The summed E-state index contributed by atoms with van der Waals surface area (Å²) in [6, 6.07) is 4.35. The van der Waals surface area contributed by atoms with Crippen LogP contribution in [-0.2, 0) is 0 Å². The number of nitrogens with one attached hydrogen (secondary N) is 1. The number of carboxylic acid groups (broad SMARTS) is 1. The summed E-state index contributed by atoms with van der Waals surface area (Å²) in [5.41, 5.74) is -0.338. The molecule has 6 heteroatoms. The molecule has 1 aromatic rings. The van der Waals surface area contributed by atoms with Crippen LogP contribution in [0, 0.1) is 22.0 Å². The molecule has 1 fully saturated rings. The van der Waals surface area contributed by atoms with Crippen molar-refractivity contribution in [2.75, 3.05) is 11.9 Å². The van der Waals surface area contributed by atoms with E-state index in [9.17, 15) is 14.9 Å². The minimum Gasteiger partial charge on any atom is -0.477 e. The van der Waals surface area contributed by atoms with Crippen LogP contribution in [0.2, 0.25) is 0 Å². The molecule has 2 N–H and O–H groups in total. The number of carboxylic acids is 1. The number of nitro benzene ring substituents is 1. The highest BCUT2D eigenvalue weighted by molar-refractivity contribution is 5.95. The first-order valence-corrected chi connectivity index (χ1v) is 7.23. The Bertz CT molecular complexity index is 536. The minimum atomic E-state index is -1.28. The van der Waals surface area contributed by atoms with Gasteiger partial charge in [0.15, 0.2) is 0 Å². The largest absolute Gasteiger partial charge is 0.477 e. The third-order valence-electron chi connectivity index (χ3n) is 4.17. The number of hydrogen-bond acceptors (Lipinski definition) is 4. The van der Waals surface area contributed by atoms with Crippen molar-refractivity contribution in [3.63, 3.8) is 0 Å². The fraction of sp³-hybridized carbons (Fsp3) is 0.533. The molecule has 2 rings (SSSR count). The van der Waals surface area contributed by atoms with Gasteiger partial charge in [-0.2, -0.15) is 0 Å². The van der Waals surface area contributed by atoms with Crippen LogP contribution in [0.15, 0.2) is 18.2 Å². The third kappa shape index (κ3) is 3.71. The van der Waals surface area contributed by atoms with E-state index >= 15 is 0 Å². The zero-order valence-electron chi connectivity index (χ0n) is 12.0. The SMILES string of the molecule is CC1CCC(CNc2cccc(C(=O)O)c2[N+](=O)[O-])CC1. The standard InChI is InChI=1S/C15H20N2O4/c1-10-5-7-11(8-6-10)9-16-13-4-2-3-12(15(18)19)14(13)17(20)21/h2-4,10-11,16H,5-9H2,1H3,(H,18,19). The summed E-state index contributed by atoms with van der Waals surface area (Å²) in [4.78, 5) is 21.6. The van der Waals surface area contributed by atoms with Crippen LogP contribution in [0.3, 0.4) is 0 Å². The Morgan fingerprint density at radius 1 is 1.38 bits per heavy atom. The van der Waals surface area contributed by atoms with Crippen molar-refractivity contribution in [1.82, 2.24) is 0 Å². The number of nitro groups is 1. The van der Waals surface area contributed by atoms with E-state index in [1.54, 1.807) is 6.07 Å². The Labute approximate surface area is 123 Å². The monoisotopic (exact) mass is 292 g/mol. The predicted molar refractivity (Wildman–Crippen MR) is 79.7 cm³/mol. The lowest BCUT2D eigenvalue weighted by Gasteiger charge is -2.26. The van der Waals surface area contributed by atoms with Gasteiger partial charge in [-0.05, 0) is 36.8 Å². The summed E-state index contributed by atoms with van der Waals surface area (Å²) in [6.45, 7) is 2.89. The zero-order valence-corrected chi connectivity index (χ0v) is 12.0. The van der Waals surface area contributed by atoms with Crippen LogP contribution in [0.4, 0.5) is 11.4 Å². The average molecular weight is 292 g/mol. The van der Waals surface area contributed by atoms with Gasteiger partial charge in [0.1, 0.15) is 11.3 Å². The highest BCUT2D eigenvalue weighted by Gasteiger charge is 2.25. The van der Waals surface area contributed by atoms with Gasteiger partial charge in [-0.15, -0.1) is 0 Å². The van der Waals surface area contributed by atoms with Crippen molar-refractivity contribution in [2.45, 2.75) is 32.6 Å². The number of rotatable bonds is 5. The topological polar surface area (TPSA) is 92.5 Å². The lowest BCUT2D eigenvalue weighted by atomic mass is 9.83. The first-order chi connectivity index (χ1) is 9.99. The molecule has 1 aliphatic carbocycles. The van der Waals surface area contributed by atoms with E-state index in [4.69, 9.17) is 5.11 Å². The molecule has 0 bridgehead atoms. The van der Waals surface area contributed by atoms with Gasteiger partial charge in [0.25, 0.3) is 0 Å². The minimum absolute atomic E-state index is 0.276. The fourth-order valence-corrected chi connectivity index (χ4v) is 2.84. The van der Waals surface area contributed by atoms with Crippen molar-refractivity contribution < 1.29 is 14.8 Å². The molecule has 0 aliphatic heterocycles. The number of anilines is 1. The van der Waals surface area contributed by atoms with E-state index < -0.39 is 10.9 Å². The second-order valence-corrected chi connectivity index (χ2v) is 5.77. The molecule has 0 radical (unpaired) electrons. The lowest BCUT2D eigenvalue weighted by Crippen LogP contribution is -2.20. The molecule has 1 saturated carbocycles. The molecule has 0 heterocycles. The molecule has 0 atom stereocenters. The molecule has 6 nitrogen and oxygen atoms in total. The summed E-state index contributed by atoms with van der Waals surface area (Å²) < 4.78 is 0. The first-order valence-electron chi connectivity index (χ1n) is 7.23. The quantitative estimate of drug-likeness (QED) is 0.639. The van der Waals surface area contributed by atoms with E-state index in [0.717, 1.165) is 18.8 Å². The normalized spacial score (nSPS) is 21.8. The second-order valence-electron chi connectivity index (χ2n) is 5.77. The van der Waals surface area contributed by atoms with Crippen LogP contribution in [0.5, 0.6) is 0 Å². The van der Waals surface area contributed by atoms with Crippen LogP contribution in [0.1, 0.15) is 43.0 Å². The number of nitrogens with zero attached hydrogens (tertiary/aromatic N) is 1. The number of carbonyl (C=O) groups is 1. The maximum atomic E-state index is 11.1. The van der Waals surface area contributed by atoms with Crippen molar-refractivity contribution in [3.8, 4) is 0 Å². The van der Waals surface area contributed by atoms with E-state index in [1.165, 1.54) is 25.0 Å². The van der Waals surface area contributed by atoms with Gasteiger partial charge in [0, 0.05) is 6.54 Å². The van der Waals surface area contributed by atoms with Gasteiger partial charge in [-0.25, -0.2) is 4.79 Å². The predicted octanol–water partition coefficient (Wildman–Crippen LogP) is 3.53. The van der Waals surface area contributed by atoms with Gasteiger partial charge in [0.2, 0.25) is 0 Å². The summed E-state index contributed by atoms with van der Waals surface area (Å²) in [5.74, 6) is -0.0305. The molecule has 0 amide bonds. The summed E-state index contributed by atoms with van der Waals surface area (Å²) in [6.07, 6.45) is 4.59. The molecule has 0 spiro atoms. The number of benzene rings is 1. The van der Waals surface area contributed by atoms with E-state index in [0.29, 0.717) is 18.2 Å². The molecule has 114 valence electrons. The van der Waals surface area contributed by atoms with Crippen LogP contribution < -0.4 is 5.32 Å². The van der Waals surface area contributed by atoms with Crippen molar-refractivity contribution in [1.29, 1.82) is 0 Å². The van der Waals surface area contributed by atoms with Gasteiger partial charge >= 0.3 is 11.7 Å². The Kier molecular flexibility index (Phi) is 4.77. The molecular formula is C15H20N2O4. The highest BCUT2D eigenvalue weighted by Crippen LogP contribution is 2.31. The molecule has 0 aromatic heterocycles. The Hall–Kier alpha value is -2.11. The summed E-state index contributed by atoms with van der Waals surface area (Å²) in [7, 11) is 0. The van der Waals surface area contributed by atoms with Crippen LogP contribution >= 0.6 is 0 Å². The van der Waals surface area contributed by atoms with Gasteiger partial charge in [-0.1, -0.05) is 25.8 Å². The molecule has 21 heavy (non-hydrogen) atoms. The van der Waals surface area contributed by atoms with Gasteiger partial charge < -0.3 is 10.4 Å². The second kappa shape index (κ2) is 6.56. The molecule has 1 aliphatic rings. The molecule has 0 saturated heterocycles. The lowest BCUT2D eigenvalue weighted by molar-refractivity contribution is -0.384. The Morgan fingerprint density at radius 2 is 2.05 bits per heavy atom. The number of aromatic carboxylic acids is 1. The Morgan fingerprint density at radius 3 is 2.62 bits per heavy atom.